The van der Waals surface area contributed by atoms with Gasteiger partial charge in [0, 0.05) is 5.56 Å². The van der Waals surface area contributed by atoms with Crippen LogP contribution in [0.5, 0.6) is 5.75 Å². The summed E-state index contributed by atoms with van der Waals surface area (Å²) in [5.41, 5.74) is 0.440. The largest absolute Gasteiger partial charge is 0.573 e. The van der Waals surface area contributed by atoms with Gasteiger partial charge in [-0.2, -0.15) is 0 Å². The third-order valence-electron chi connectivity index (χ3n) is 3.32. The van der Waals surface area contributed by atoms with Crippen molar-refractivity contribution in [3.05, 3.63) is 48.0 Å². The van der Waals surface area contributed by atoms with Crippen LogP contribution in [0.2, 0.25) is 0 Å². The molecule has 0 spiro atoms. The maximum absolute atomic E-state index is 12.6. The Morgan fingerprint density at radius 1 is 1.33 bits per heavy atom. The summed E-state index contributed by atoms with van der Waals surface area (Å²) in [4.78, 5) is 15.9. The molecular formula is C16H17F3N2O3. The third kappa shape index (κ3) is 4.27. The van der Waals surface area contributed by atoms with Gasteiger partial charge in [-0.1, -0.05) is 25.1 Å². The molecule has 8 heteroatoms. The molecule has 0 saturated heterocycles. The van der Waals surface area contributed by atoms with E-state index >= 15 is 0 Å². The summed E-state index contributed by atoms with van der Waals surface area (Å²) in [6.07, 6.45) is -1.44. The molecule has 1 aromatic carbocycles. The van der Waals surface area contributed by atoms with Crippen LogP contribution in [0.1, 0.15) is 42.4 Å². The highest BCUT2D eigenvalue weighted by molar-refractivity contribution is 5.87. The number of hydrogen-bond donors (Lipinski definition) is 0. The number of aromatic nitrogens is 2. The van der Waals surface area contributed by atoms with Gasteiger partial charge in [-0.15, -0.1) is 13.2 Å². The highest BCUT2D eigenvalue weighted by Gasteiger charge is 2.33. The van der Waals surface area contributed by atoms with E-state index in [1.165, 1.54) is 35.3 Å². The average molecular weight is 342 g/mol. The van der Waals surface area contributed by atoms with Crippen LogP contribution in [0.15, 0.2) is 36.8 Å². The second kappa shape index (κ2) is 7.37. The summed E-state index contributed by atoms with van der Waals surface area (Å²) in [7, 11) is 0. The summed E-state index contributed by atoms with van der Waals surface area (Å²) >= 11 is 0. The van der Waals surface area contributed by atoms with Crippen LogP contribution in [-0.4, -0.2) is 28.5 Å². The van der Waals surface area contributed by atoms with Crippen LogP contribution in [0.25, 0.3) is 0 Å². The van der Waals surface area contributed by atoms with E-state index in [9.17, 15) is 18.0 Å². The van der Waals surface area contributed by atoms with Crippen molar-refractivity contribution in [3.8, 4) is 5.75 Å². The molecule has 0 fully saturated rings. The fraction of sp³-hybridized carbons (Fsp3) is 0.375. The molecule has 0 bridgehead atoms. The minimum absolute atomic E-state index is 0.165. The molecule has 24 heavy (non-hydrogen) atoms. The highest BCUT2D eigenvalue weighted by Crippen LogP contribution is 2.32. The second-order valence-electron chi connectivity index (χ2n) is 5.08. The highest BCUT2D eigenvalue weighted by atomic mass is 19.4. The number of hydrogen-bond acceptors (Lipinski definition) is 4. The smallest absolute Gasteiger partial charge is 0.461 e. The van der Waals surface area contributed by atoms with Gasteiger partial charge < -0.3 is 14.0 Å². The molecule has 0 aliphatic carbocycles. The predicted molar refractivity (Wildman–Crippen MR) is 79.7 cm³/mol. The number of carbonyl (C=O) groups excluding carboxylic acids is 1. The molecule has 0 aliphatic rings. The number of rotatable bonds is 6. The molecule has 5 nitrogen and oxygen atoms in total. The quantitative estimate of drug-likeness (QED) is 0.746. The van der Waals surface area contributed by atoms with Gasteiger partial charge in [0.1, 0.15) is 11.4 Å². The lowest BCUT2D eigenvalue weighted by Crippen LogP contribution is -2.20. The molecule has 1 unspecified atom stereocenters. The van der Waals surface area contributed by atoms with E-state index in [4.69, 9.17) is 4.74 Å². The van der Waals surface area contributed by atoms with Gasteiger partial charge >= 0.3 is 12.3 Å². The van der Waals surface area contributed by atoms with Crippen molar-refractivity contribution >= 4 is 5.97 Å². The van der Waals surface area contributed by atoms with Crippen molar-refractivity contribution in [3.63, 3.8) is 0 Å². The number of carbonyl (C=O) groups is 1. The molecule has 0 aliphatic heterocycles. The average Bonchev–Trinajstić information content (AvgIpc) is 3.00. The Hall–Kier alpha value is -2.51. The SMILES string of the molecule is CCCOC(=O)c1cncn1C(C)c1ccccc1OC(F)(F)F. The zero-order chi connectivity index (χ0) is 17.7. The van der Waals surface area contributed by atoms with Crippen LogP contribution in [-0.2, 0) is 4.74 Å². The lowest BCUT2D eigenvalue weighted by Gasteiger charge is -2.20. The zero-order valence-electron chi connectivity index (χ0n) is 13.2. The number of esters is 1. The van der Waals surface area contributed by atoms with E-state index in [2.05, 4.69) is 9.72 Å². The summed E-state index contributed by atoms with van der Waals surface area (Å²) in [5.74, 6) is -0.894. The van der Waals surface area contributed by atoms with Gasteiger partial charge in [-0.25, -0.2) is 9.78 Å². The fourth-order valence-electron chi connectivity index (χ4n) is 2.23. The number of para-hydroxylation sites is 1. The third-order valence-corrected chi connectivity index (χ3v) is 3.32. The van der Waals surface area contributed by atoms with E-state index in [1.54, 1.807) is 13.0 Å². The lowest BCUT2D eigenvalue weighted by atomic mass is 10.1. The fourth-order valence-corrected chi connectivity index (χ4v) is 2.23. The monoisotopic (exact) mass is 342 g/mol. The summed E-state index contributed by atoms with van der Waals surface area (Å²) in [6.45, 7) is 3.76. The van der Waals surface area contributed by atoms with E-state index in [-0.39, 0.29) is 23.6 Å². The first-order valence-corrected chi connectivity index (χ1v) is 7.37. The summed E-state index contributed by atoms with van der Waals surface area (Å²) < 4.78 is 48.3. The van der Waals surface area contributed by atoms with E-state index in [1.807, 2.05) is 6.92 Å². The first-order chi connectivity index (χ1) is 11.3. The maximum atomic E-state index is 12.6. The number of halogens is 3. The standard InChI is InChI=1S/C16H17F3N2O3/c1-3-8-23-15(22)13-9-20-10-21(13)11(2)12-6-4-5-7-14(12)24-16(17,18)19/h4-7,9-11H,3,8H2,1-2H3. The minimum atomic E-state index is -4.80. The van der Waals surface area contributed by atoms with Gasteiger partial charge in [0.15, 0.2) is 0 Å². The van der Waals surface area contributed by atoms with Crippen molar-refractivity contribution in [2.45, 2.75) is 32.7 Å². The first-order valence-electron chi connectivity index (χ1n) is 7.37. The van der Waals surface area contributed by atoms with Gasteiger partial charge in [-0.3, -0.25) is 0 Å². The Labute approximate surface area is 137 Å². The van der Waals surface area contributed by atoms with Crippen LogP contribution >= 0.6 is 0 Å². The lowest BCUT2D eigenvalue weighted by molar-refractivity contribution is -0.275. The number of benzene rings is 1. The second-order valence-corrected chi connectivity index (χ2v) is 5.08. The molecule has 1 aromatic heterocycles. The number of nitrogens with zero attached hydrogens (tertiary/aromatic N) is 2. The minimum Gasteiger partial charge on any atom is -0.461 e. The van der Waals surface area contributed by atoms with Crippen LogP contribution in [0, 0.1) is 0 Å². The Balaban J connectivity index is 2.32. The molecule has 0 radical (unpaired) electrons. The number of ether oxygens (including phenoxy) is 2. The summed E-state index contributed by atoms with van der Waals surface area (Å²) in [6, 6.07) is 5.18. The first kappa shape index (κ1) is 17.8. The molecule has 0 saturated carbocycles. The molecule has 0 N–H and O–H groups in total. The Kier molecular flexibility index (Phi) is 5.48. The number of alkyl halides is 3. The van der Waals surface area contributed by atoms with Gasteiger partial charge in [0.05, 0.1) is 25.2 Å². The van der Waals surface area contributed by atoms with Gasteiger partial charge in [0.2, 0.25) is 0 Å². The van der Waals surface area contributed by atoms with Crippen LogP contribution in [0.4, 0.5) is 13.2 Å². The molecule has 2 rings (SSSR count). The molecular weight excluding hydrogens is 325 g/mol. The van der Waals surface area contributed by atoms with Crippen molar-refractivity contribution in [2.24, 2.45) is 0 Å². The van der Waals surface area contributed by atoms with Crippen molar-refractivity contribution in [1.29, 1.82) is 0 Å². The van der Waals surface area contributed by atoms with Crippen LogP contribution < -0.4 is 4.74 Å². The maximum Gasteiger partial charge on any atom is 0.573 e. The molecule has 0 amide bonds. The molecule has 1 heterocycles. The Morgan fingerprint density at radius 2 is 2.04 bits per heavy atom. The Morgan fingerprint density at radius 3 is 2.71 bits per heavy atom. The Bertz CT molecular complexity index is 698. The van der Waals surface area contributed by atoms with E-state index in [0.29, 0.717) is 6.42 Å². The molecule has 2 aromatic rings. The van der Waals surface area contributed by atoms with E-state index in [0.717, 1.165) is 0 Å². The van der Waals surface area contributed by atoms with Gasteiger partial charge in [0.25, 0.3) is 0 Å². The topological polar surface area (TPSA) is 53.3 Å². The zero-order valence-corrected chi connectivity index (χ0v) is 13.2. The van der Waals surface area contributed by atoms with Crippen molar-refractivity contribution < 1.29 is 27.4 Å². The van der Waals surface area contributed by atoms with E-state index < -0.39 is 18.4 Å². The molecule has 130 valence electrons. The van der Waals surface area contributed by atoms with Gasteiger partial charge in [-0.05, 0) is 19.4 Å². The van der Waals surface area contributed by atoms with Crippen molar-refractivity contribution in [2.75, 3.05) is 6.61 Å². The van der Waals surface area contributed by atoms with Crippen molar-refractivity contribution in [1.82, 2.24) is 9.55 Å². The summed E-state index contributed by atoms with van der Waals surface area (Å²) in [5, 5.41) is 0. The normalized spacial score (nSPS) is 12.7. The number of imidazole rings is 1. The molecule has 1 atom stereocenters. The predicted octanol–water partition coefficient (Wildman–Crippen LogP) is 3.96. The van der Waals surface area contributed by atoms with Crippen LogP contribution in [0.3, 0.4) is 0 Å².